The topological polar surface area (TPSA) is 85.7 Å². The molecule has 2 amide bonds. The molecular formula is C24H26N4O4. The molecule has 0 aliphatic carbocycles. The summed E-state index contributed by atoms with van der Waals surface area (Å²) in [6.07, 6.45) is 0.756. The van der Waals surface area contributed by atoms with Crippen molar-refractivity contribution in [2.24, 2.45) is 0 Å². The minimum Gasteiger partial charge on any atom is -0.493 e. The number of ether oxygens (including phenoxy) is 2. The van der Waals surface area contributed by atoms with E-state index in [1.54, 1.807) is 37.1 Å². The van der Waals surface area contributed by atoms with Gasteiger partial charge < -0.3 is 19.7 Å². The lowest BCUT2D eigenvalue weighted by Crippen LogP contribution is -2.36. The van der Waals surface area contributed by atoms with Gasteiger partial charge in [0.1, 0.15) is 5.82 Å². The van der Waals surface area contributed by atoms with Gasteiger partial charge in [0.15, 0.2) is 11.5 Å². The molecule has 2 aromatic carbocycles. The van der Waals surface area contributed by atoms with Gasteiger partial charge in [0.25, 0.3) is 5.91 Å². The predicted octanol–water partition coefficient (Wildman–Crippen LogP) is 3.35. The van der Waals surface area contributed by atoms with Crippen molar-refractivity contribution >= 4 is 17.6 Å². The van der Waals surface area contributed by atoms with Gasteiger partial charge in [0.2, 0.25) is 5.91 Å². The molecule has 2 heterocycles. The fourth-order valence-corrected chi connectivity index (χ4v) is 3.95. The molecule has 0 atom stereocenters. The molecule has 0 radical (unpaired) electrons. The van der Waals surface area contributed by atoms with Gasteiger partial charge >= 0.3 is 0 Å². The number of aromatic nitrogens is 2. The van der Waals surface area contributed by atoms with Crippen LogP contribution in [0.1, 0.15) is 34.1 Å². The summed E-state index contributed by atoms with van der Waals surface area (Å²) in [6.45, 7) is 4.46. The highest BCUT2D eigenvalue weighted by Crippen LogP contribution is 2.33. The lowest BCUT2D eigenvalue weighted by Gasteiger charge is -2.29. The van der Waals surface area contributed by atoms with Gasteiger partial charge in [-0.3, -0.25) is 9.59 Å². The van der Waals surface area contributed by atoms with Gasteiger partial charge in [0.05, 0.1) is 25.6 Å². The Bertz CT molecular complexity index is 1170. The van der Waals surface area contributed by atoms with Crippen LogP contribution in [-0.4, -0.2) is 47.3 Å². The Hall–Kier alpha value is -3.81. The Morgan fingerprint density at radius 3 is 2.28 bits per heavy atom. The number of amides is 2. The quantitative estimate of drug-likeness (QED) is 0.666. The molecule has 0 saturated heterocycles. The van der Waals surface area contributed by atoms with Crippen molar-refractivity contribution in [2.75, 3.05) is 26.1 Å². The van der Waals surface area contributed by atoms with Crippen molar-refractivity contribution in [1.82, 2.24) is 14.7 Å². The summed E-state index contributed by atoms with van der Waals surface area (Å²) in [5, 5.41) is 7.21. The zero-order valence-electron chi connectivity index (χ0n) is 18.6. The second-order valence-corrected chi connectivity index (χ2v) is 7.76. The molecule has 166 valence electrons. The molecule has 0 fully saturated rings. The van der Waals surface area contributed by atoms with Crippen LogP contribution in [0, 0.1) is 6.92 Å². The Labute approximate surface area is 186 Å². The molecule has 1 aliphatic rings. The molecule has 4 rings (SSSR count). The lowest BCUT2D eigenvalue weighted by atomic mass is 9.98. The molecular weight excluding hydrogens is 408 g/mol. The van der Waals surface area contributed by atoms with Crippen molar-refractivity contribution in [3.05, 3.63) is 64.8 Å². The predicted molar refractivity (Wildman–Crippen MR) is 121 cm³/mol. The number of fused-ring (bicyclic) bond motifs is 1. The standard InChI is InChI=1S/C24H26N4O4/c1-15-11-23(25-16(2)29)28(26-15)20-7-5-17(6-8-20)24(30)27-10-9-18-12-21(31-3)22(32-4)13-19(18)14-27/h5-8,11-13H,9-10,14H2,1-4H3,(H,25,29). The smallest absolute Gasteiger partial charge is 0.254 e. The van der Waals surface area contributed by atoms with Gasteiger partial charge in [-0.05, 0) is 60.9 Å². The third-order valence-electron chi connectivity index (χ3n) is 5.50. The molecule has 0 spiro atoms. The van der Waals surface area contributed by atoms with E-state index in [0.717, 1.165) is 23.4 Å². The number of nitrogens with zero attached hydrogens (tertiary/aromatic N) is 3. The second kappa shape index (κ2) is 8.74. The first-order valence-electron chi connectivity index (χ1n) is 10.4. The molecule has 32 heavy (non-hydrogen) atoms. The van der Waals surface area contributed by atoms with E-state index < -0.39 is 0 Å². The highest BCUT2D eigenvalue weighted by atomic mass is 16.5. The highest BCUT2D eigenvalue weighted by molar-refractivity contribution is 5.94. The van der Waals surface area contributed by atoms with Gasteiger partial charge in [0, 0.05) is 31.6 Å². The molecule has 8 nitrogen and oxygen atoms in total. The number of anilines is 1. The maximum absolute atomic E-state index is 13.1. The zero-order valence-corrected chi connectivity index (χ0v) is 18.6. The maximum atomic E-state index is 13.1. The van der Waals surface area contributed by atoms with E-state index in [2.05, 4.69) is 10.4 Å². The van der Waals surface area contributed by atoms with Crippen LogP contribution < -0.4 is 14.8 Å². The molecule has 1 N–H and O–H groups in total. The van der Waals surface area contributed by atoms with Crippen molar-refractivity contribution in [1.29, 1.82) is 0 Å². The largest absolute Gasteiger partial charge is 0.493 e. The van der Waals surface area contributed by atoms with Crippen LogP contribution in [0.2, 0.25) is 0 Å². The van der Waals surface area contributed by atoms with E-state index in [1.165, 1.54) is 12.5 Å². The van der Waals surface area contributed by atoms with Gasteiger partial charge in [-0.1, -0.05) is 0 Å². The summed E-state index contributed by atoms with van der Waals surface area (Å²) in [5.41, 5.74) is 4.38. The number of hydrogen-bond donors (Lipinski definition) is 1. The van der Waals surface area contributed by atoms with Crippen LogP contribution in [0.4, 0.5) is 5.82 Å². The van der Waals surface area contributed by atoms with Crippen molar-refractivity contribution in [3.8, 4) is 17.2 Å². The fraction of sp³-hybridized carbons (Fsp3) is 0.292. The van der Waals surface area contributed by atoms with E-state index in [9.17, 15) is 9.59 Å². The van der Waals surface area contributed by atoms with Crippen molar-refractivity contribution in [3.63, 3.8) is 0 Å². The van der Waals surface area contributed by atoms with Crippen LogP contribution in [0.25, 0.3) is 5.69 Å². The minimum atomic E-state index is -0.169. The Balaban J connectivity index is 1.54. The Morgan fingerprint density at radius 1 is 1.00 bits per heavy atom. The third kappa shape index (κ3) is 4.16. The second-order valence-electron chi connectivity index (χ2n) is 7.76. The van der Waals surface area contributed by atoms with Gasteiger partial charge in [-0.15, -0.1) is 0 Å². The van der Waals surface area contributed by atoms with E-state index in [4.69, 9.17) is 9.47 Å². The first-order valence-corrected chi connectivity index (χ1v) is 10.4. The van der Waals surface area contributed by atoms with E-state index in [-0.39, 0.29) is 11.8 Å². The molecule has 0 bridgehead atoms. The highest BCUT2D eigenvalue weighted by Gasteiger charge is 2.24. The van der Waals surface area contributed by atoms with Crippen LogP contribution >= 0.6 is 0 Å². The van der Waals surface area contributed by atoms with E-state index in [1.807, 2.05) is 36.1 Å². The summed E-state index contributed by atoms with van der Waals surface area (Å²) >= 11 is 0. The number of aryl methyl sites for hydroxylation is 1. The number of benzene rings is 2. The minimum absolute atomic E-state index is 0.0317. The lowest BCUT2D eigenvalue weighted by molar-refractivity contribution is -0.114. The Kier molecular flexibility index (Phi) is 5.85. The van der Waals surface area contributed by atoms with Crippen molar-refractivity contribution < 1.29 is 19.1 Å². The fourth-order valence-electron chi connectivity index (χ4n) is 3.95. The van der Waals surface area contributed by atoms with Gasteiger partial charge in [-0.2, -0.15) is 5.10 Å². The van der Waals surface area contributed by atoms with E-state index in [0.29, 0.717) is 36.0 Å². The average Bonchev–Trinajstić information content (AvgIpc) is 3.16. The summed E-state index contributed by atoms with van der Waals surface area (Å²) in [5.74, 6) is 1.75. The first kappa shape index (κ1) is 21.4. The van der Waals surface area contributed by atoms with Crippen LogP contribution in [-0.2, 0) is 17.8 Å². The normalized spacial score (nSPS) is 12.8. The number of carbonyl (C=O) groups excluding carboxylic acids is 2. The van der Waals surface area contributed by atoms with Crippen LogP contribution in [0.15, 0.2) is 42.5 Å². The SMILES string of the molecule is COc1cc2c(cc1OC)CN(C(=O)c1ccc(-n3nc(C)cc3NC(C)=O)cc1)CC2. The molecule has 3 aromatic rings. The molecule has 1 aromatic heterocycles. The number of carbonyl (C=O) groups is 2. The zero-order chi connectivity index (χ0) is 22.8. The van der Waals surface area contributed by atoms with Crippen LogP contribution in [0.5, 0.6) is 11.5 Å². The number of methoxy groups -OCH3 is 2. The number of hydrogen-bond acceptors (Lipinski definition) is 5. The third-order valence-corrected chi connectivity index (χ3v) is 5.50. The summed E-state index contributed by atoms with van der Waals surface area (Å²) in [4.78, 5) is 26.5. The molecule has 0 unspecified atom stereocenters. The monoisotopic (exact) mass is 434 g/mol. The molecule has 8 heteroatoms. The van der Waals surface area contributed by atoms with Crippen molar-refractivity contribution in [2.45, 2.75) is 26.8 Å². The summed E-state index contributed by atoms with van der Waals surface area (Å²) in [7, 11) is 3.23. The maximum Gasteiger partial charge on any atom is 0.254 e. The van der Waals surface area contributed by atoms with Crippen LogP contribution in [0.3, 0.4) is 0 Å². The average molecular weight is 434 g/mol. The number of nitrogens with one attached hydrogen (secondary N) is 1. The first-order chi connectivity index (χ1) is 15.4. The number of rotatable bonds is 5. The summed E-state index contributed by atoms with van der Waals surface area (Å²) in [6, 6.07) is 13.0. The molecule has 0 saturated carbocycles. The van der Waals surface area contributed by atoms with E-state index >= 15 is 0 Å². The van der Waals surface area contributed by atoms with Gasteiger partial charge in [-0.25, -0.2) is 4.68 Å². The summed E-state index contributed by atoms with van der Waals surface area (Å²) < 4.78 is 12.5. The molecule has 1 aliphatic heterocycles. The Morgan fingerprint density at radius 2 is 1.66 bits per heavy atom.